The fourth-order valence-corrected chi connectivity index (χ4v) is 5.28. The fraction of sp³-hybridized carbons (Fsp3) is 0.583. The minimum Gasteiger partial charge on any atom is -0.492 e. The number of H-pyrrole nitrogens is 1. The van der Waals surface area contributed by atoms with Crippen LogP contribution >= 0.6 is 0 Å². The minimum absolute atomic E-state index is 0.0428. The number of anilines is 1. The highest BCUT2D eigenvalue weighted by molar-refractivity contribution is 5.40. The van der Waals surface area contributed by atoms with Crippen molar-refractivity contribution in [2.24, 2.45) is 0 Å². The Morgan fingerprint density at radius 2 is 1.87 bits per heavy atom. The lowest BCUT2D eigenvalue weighted by Crippen LogP contribution is -2.47. The van der Waals surface area contributed by atoms with Crippen molar-refractivity contribution >= 4 is 5.95 Å². The summed E-state index contributed by atoms with van der Waals surface area (Å²) in [6, 6.07) is 10.4. The molecule has 1 aromatic carbocycles. The highest BCUT2D eigenvalue weighted by atomic mass is 16.5. The summed E-state index contributed by atoms with van der Waals surface area (Å²) in [6.07, 6.45) is 3.98. The van der Waals surface area contributed by atoms with Crippen molar-refractivity contribution in [2.75, 3.05) is 50.9 Å². The van der Waals surface area contributed by atoms with Gasteiger partial charge < -0.3 is 14.4 Å². The van der Waals surface area contributed by atoms with Gasteiger partial charge in [0.1, 0.15) is 12.4 Å². The van der Waals surface area contributed by atoms with E-state index in [4.69, 9.17) is 14.5 Å². The maximum atomic E-state index is 12.8. The molecule has 5 rings (SSSR count). The Labute approximate surface area is 183 Å². The molecule has 1 unspecified atom stereocenters. The van der Waals surface area contributed by atoms with Crippen LogP contribution in [-0.4, -0.2) is 66.9 Å². The Balaban J connectivity index is 1.27. The molecule has 7 nitrogen and oxygen atoms in total. The second-order valence-electron chi connectivity index (χ2n) is 9.11. The average Bonchev–Trinajstić information content (AvgIpc) is 3.17. The molecule has 166 valence electrons. The van der Waals surface area contributed by atoms with E-state index in [2.05, 4.69) is 21.7 Å². The number of benzene rings is 1. The van der Waals surface area contributed by atoms with E-state index in [1.54, 1.807) is 0 Å². The number of nitrogens with one attached hydrogen (secondary N) is 1. The number of ether oxygens (including phenoxy) is 2. The zero-order chi connectivity index (χ0) is 21.3. The summed E-state index contributed by atoms with van der Waals surface area (Å²) in [7, 11) is 0. The van der Waals surface area contributed by atoms with Crippen LogP contribution in [0.2, 0.25) is 0 Å². The van der Waals surface area contributed by atoms with Crippen molar-refractivity contribution < 1.29 is 9.47 Å². The summed E-state index contributed by atoms with van der Waals surface area (Å²) in [5.74, 6) is 1.65. The van der Waals surface area contributed by atoms with E-state index < -0.39 is 0 Å². The zero-order valence-corrected chi connectivity index (χ0v) is 18.3. The van der Waals surface area contributed by atoms with E-state index >= 15 is 0 Å². The Hall–Kier alpha value is -2.38. The molecule has 0 bridgehead atoms. The molecule has 0 saturated carbocycles. The largest absolute Gasteiger partial charge is 0.492 e. The molecule has 3 aliphatic rings. The molecule has 1 spiro atoms. The number of likely N-dealkylation sites (tertiary alicyclic amines) is 1. The smallest absolute Gasteiger partial charge is 0.255 e. The van der Waals surface area contributed by atoms with Crippen LogP contribution in [0.5, 0.6) is 5.75 Å². The van der Waals surface area contributed by atoms with Crippen LogP contribution in [0.1, 0.15) is 37.4 Å². The molecule has 1 aliphatic carbocycles. The second kappa shape index (κ2) is 8.63. The molecule has 7 heteroatoms. The van der Waals surface area contributed by atoms with Crippen LogP contribution in [-0.2, 0) is 16.6 Å². The van der Waals surface area contributed by atoms with Crippen LogP contribution in [0.4, 0.5) is 5.95 Å². The molecule has 0 amide bonds. The number of para-hydroxylation sites is 1. The molecule has 2 fully saturated rings. The van der Waals surface area contributed by atoms with Gasteiger partial charge in [-0.05, 0) is 57.8 Å². The Morgan fingerprint density at radius 1 is 1.13 bits per heavy atom. The number of hydrogen-bond donors (Lipinski definition) is 1. The molecule has 1 atom stereocenters. The molecular formula is C24H32N4O3. The summed E-state index contributed by atoms with van der Waals surface area (Å²) in [5, 5.41) is 0. The van der Waals surface area contributed by atoms with Crippen LogP contribution in [0.25, 0.3) is 0 Å². The van der Waals surface area contributed by atoms with Gasteiger partial charge in [0.2, 0.25) is 5.95 Å². The van der Waals surface area contributed by atoms with E-state index in [0.717, 1.165) is 74.8 Å². The molecule has 2 aromatic rings. The van der Waals surface area contributed by atoms with Gasteiger partial charge in [0.25, 0.3) is 5.56 Å². The number of aromatic nitrogens is 2. The molecule has 1 aromatic heterocycles. The van der Waals surface area contributed by atoms with E-state index in [-0.39, 0.29) is 11.0 Å². The fourth-order valence-electron chi connectivity index (χ4n) is 5.28. The van der Waals surface area contributed by atoms with Gasteiger partial charge in [-0.2, -0.15) is 0 Å². The van der Waals surface area contributed by atoms with Gasteiger partial charge in [-0.25, -0.2) is 4.98 Å². The molecule has 2 aliphatic heterocycles. The minimum atomic E-state index is 0.0428. The van der Waals surface area contributed by atoms with Gasteiger partial charge in [0, 0.05) is 30.1 Å². The molecule has 31 heavy (non-hydrogen) atoms. The van der Waals surface area contributed by atoms with Crippen molar-refractivity contribution in [1.29, 1.82) is 0 Å². The Morgan fingerprint density at radius 3 is 2.61 bits per heavy atom. The average molecular weight is 425 g/mol. The lowest BCUT2D eigenvalue weighted by Gasteiger charge is -2.42. The molecular weight excluding hydrogens is 392 g/mol. The van der Waals surface area contributed by atoms with Crippen LogP contribution in [0.15, 0.2) is 35.1 Å². The number of rotatable bonds is 5. The number of piperidine rings is 1. The van der Waals surface area contributed by atoms with Gasteiger partial charge in [0.15, 0.2) is 0 Å². The molecule has 2 saturated heterocycles. The topological polar surface area (TPSA) is 70.7 Å². The maximum absolute atomic E-state index is 12.8. The third-order valence-corrected chi connectivity index (χ3v) is 7.28. The van der Waals surface area contributed by atoms with Crippen molar-refractivity contribution in [3.05, 3.63) is 51.9 Å². The molecule has 1 N–H and O–H groups in total. The Bertz CT molecular complexity index is 947. The first-order valence-electron chi connectivity index (χ1n) is 11.5. The van der Waals surface area contributed by atoms with Crippen molar-refractivity contribution in [2.45, 2.75) is 44.1 Å². The first-order valence-corrected chi connectivity index (χ1v) is 11.5. The van der Waals surface area contributed by atoms with E-state index in [1.165, 1.54) is 0 Å². The number of nitrogens with zero attached hydrogens (tertiary/aromatic N) is 3. The zero-order valence-electron chi connectivity index (χ0n) is 18.3. The van der Waals surface area contributed by atoms with Crippen LogP contribution in [0.3, 0.4) is 0 Å². The second-order valence-corrected chi connectivity index (χ2v) is 9.11. The maximum Gasteiger partial charge on any atom is 0.255 e. The van der Waals surface area contributed by atoms with Crippen LogP contribution < -0.4 is 15.2 Å². The first-order chi connectivity index (χ1) is 15.1. The number of morpholine rings is 1. The quantitative estimate of drug-likeness (QED) is 0.795. The van der Waals surface area contributed by atoms with Crippen molar-refractivity contribution in [3.63, 3.8) is 0 Å². The third-order valence-electron chi connectivity index (χ3n) is 7.28. The first kappa shape index (κ1) is 20.5. The lowest BCUT2D eigenvalue weighted by molar-refractivity contribution is 0.0903. The van der Waals surface area contributed by atoms with E-state index in [9.17, 15) is 4.79 Å². The predicted octanol–water partition coefficient (Wildman–Crippen LogP) is 2.35. The van der Waals surface area contributed by atoms with Gasteiger partial charge in [-0.15, -0.1) is 0 Å². The number of fused-ring (bicyclic) bond motifs is 2. The SMILES string of the molecule is CC(COc1ccccc1)N1CCC2(CCc3c2nc(N2CCOCC2)[nH]c3=O)CC1. The van der Waals surface area contributed by atoms with E-state index in [1.807, 2.05) is 30.3 Å². The van der Waals surface area contributed by atoms with Gasteiger partial charge in [-0.1, -0.05) is 18.2 Å². The van der Waals surface area contributed by atoms with Gasteiger partial charge in [-0.3, -0.25) is 14.7 Å². The standard InChI is InChI=1S/C24H32N4O3/c1-18(17-31-19-5-3-2-4-6-19)27-11-9-24(10-12-27)8-7-20-21(24)25-23(26-22(20)29)28-13-15-30-16-14-28/h2-6,18H,7-17H2,1H3,(H,25,26,29). The summed E-state index contributed by atoms with van der Waals surface area (Å²) in [5.41, 5.74) is 2.06. The van der Waals surface area contributed by atoms with Gasteiger partial charge >= 0.3 is 0 Å². The summed E-state index contributed by atoms with van der Waals surface area (Å²) >= 11 is 0. The van der Waals surface area contributed by atoms with Crippen LogP contribution in [0, 0.1) is 0 Å². The highest BCUT2D eigenvalue weighted by Gasteiger charge is 2.44. The number of hydrogen-bond acceptors (Lipinski definition) is 6. The summed E-state index contributed by atoms with van der Waals surface area (Å²) in [4.78, 5) is 25.5. The van der Waals surface area contributed by atoms with Gasteiger partial charge in [0.05, 0.1) is 18.9 Å². The number of aromatic amines is 1. The van der Waals surface area contributed by atoms with Crippen molar-refractivity contribution in [3.8, 4) is 5.75 Å². The summed E-state index contributed by atoms with van der Waals surface area (Å²) in [6.45, 7) is 7.88. The monoisotopic (exact) mass is 424 g/mol. The third kappa shape index (κ3) is 4.08. The lowest BCUT2D eigenvalue weighted by atomic mass is 9.76. The molecule has 0 radical (unpaired) electrons. The molecule has 3 heterocycles. The van der Waals surface area contributed by atoms with E-state index in [0.29, 0.717) is 25.9 Å². The van der Waals surface area contributed by atoms with Crippen molar-refractivity contribution in [1.82, 2.24) is 14.9 Å². The Kier molecular flexibility index (Phi) is 5.71. The highest BCUT2D eigenvalue weighted by Crippen LogP contribution is 2.44. The summed E-state index contributed by atoms with van der Waals surface area (Å²) < 4.78 is 11.4. The normalized spacial score (nSPS) is 21.8. The predicted molar refractivity (Wildman–Crippen MR) is 120 cm³/mol.